The van der Waals surface area contributed by atoms with Gasteiger partial charge in [-0.2, -0.15) is 15.5 Å². The van der Waals surface area contributed by atoms with E-state index in [-0.39, 0.29) is 12.1 Å². The number of carbonyl (C=O) groups is 1. The summed E-state index contributed by atoms with van der Waals surface area (Å²) in [5, 5.41) is 18.3. The number of methoxy groups -OCH3 is 1. The highest BCUT2D eigenvalue weighted by Gasteiger charge is 2.31. The predicted molar refractivity (Wildman–Crippen MR) is 147 cm³/mol. The van der Waals surface area contributed by atoms with Crippen LogP contribution in [0.15, 0.2) is 52.9 Å². The number of urea groups is 1. The summed E-state index contributed by atoms with van der Waals surface area (Å²) in [6.07, 6.45) is 9.84. The van der Waals surface area contributed by atoms with Gasteiger partial charge in [0, 0.05) is 88.2 Å². The molecule has 12 nitrogen and oxygen atoms in total. The van der Waals surface area contributed by atoms with Gasteiger partial charge in [0.25, 0.3) is 0 Å². The first-order chi connectivity index (χ1) is 18.9. The minimum atomic E-state index is 0.0618. The van der Waals surface area contributed by atoms with Gasteiger partial charge in [-0.1, -0.05) is 0 Å². The number of fused-ring (bicyclic) bond motifs is 1. The molecule has 0 aromatic carbocycles. The number of hydrogen-bond donors (Lipinski definition) is 0. The Morgan fingerprint density at radius 2 is 1.90 bits per heavy atom. The molecule has 0 spiro atoms. The number of aromatic nitrogens is 4. The van der Waals surface area contributed by atoms with Crippen molar-refractivity contribution in [1.82, 2.24) is 34.1 Å². The first kappa shape index (κ1) is 26.1. The molecule has 0 saturated carbocycles. The first-order valence-electron chi connectivity index (χ1n) is 12.9. The number of aliphatic imine (C=N–C) groups is 2. The number of likely N-dealkylation sites (tertiary alicyclic amines) is 1. The molecule has 2 aliphatic rings. The van der Waals surface area contributed by atoms with Crippen molar-refractivity contribution < 1.29 is 9.53 Å². The molecule has 202 valence electrons. The lowest BCUT2D eigenvalue weighted by molar-refractivity contribution is 0.0997. The van der Waals surface area contributed by atoms with Gasteiger partial charge < -0.3 is 19.4 Å². The normalized spacial score (nSPS) is 18.6. The summed E-state index contributed by atoms with van der Waals surface area (Å²) in [6.45, 7) is 9.47. The highest BCUT2D eigenvalue weighted by molar-refractivity contribution is 6.06. The molecule has 0 unspecified atom stereocenters. The first-order valence-corrected chi connectivity index (χ1v) is 12.9. The molecular weight excluding hydrogens is 496 g/mol. The standard InChI is InChI=1S/C27H32N10O2/c1-19(24-11-20(22-14-31-33(3)16-22)17-37-26(24)21(12-28)13-32-37)30-15-25(29-2)34-7-9-35(10-8-34)27(38)36-6-5-23(18-36)39-4/h11,13-17,23H,2,5-10,18H2,1,3-4H3/b25-15+,30-19+/t23-/m0/s1. The van der Waals surface area contributed by atoms with E-state index < -0.39 is 0 Å². The van der Waals surface area contributed by atoms with E-state index in [0.29, 0.717) is 55.3 Å². The van der Waals surface area contributed by atoms with Crippen LogP contribution in [0.3, 0.4) is 0 Å². The van der Waals surface area contributed by atoms with Gasteiger partial charge in [-0.25, -0.2) is 14.3 Å². The highest BCUT2D eigenvalue weighted by atomic mass is 16.5. The largest absolute Gasteiger partial charge is 0.380 e. The van der Waals surface area contributed by atoms with Crippen LogP contribution in [0, 0.1) is 11.3 Å². The van der Waals surface area contributed by atoms with Crippen LogP contribution in [0.25, 0.3) is 16.6 Å². The van der Waals surface area contributed by atoms with E-state index >= 15 is 0 Å². The molecule has 0 aliphatic carbocycles. The molecule has 3 aromatic heterocycles. The number of rotatable bonds is 6. The fourth-order valence-electron chi connectivity index (χ4n) is 5.07. The van der Waals surface area contributed by atoms with E-state index in [1.807, 2.05) is 42.2 Å². The molecule has 5 rings (SSSR count). The zero-order chi connectivity index (χ0) is 27.5. The number of hydrogen-bond acceptors (Lipinski definition) is 8. The van der Waals surface area contributed by atoms with Gasteiger partial charge in [0.1, 0.15) is 11.9 Å². The van der Waals surface area contributed by atoms with Gasteiger partial charge in [-0.3, -0.25) is 9.67 Å². The molecule has 2 saturated heterocycles. The monoisotopic (exact) mass is 528 g/mol. The summed E-state index contributed by atoms with van der Waals surface area (Å²) >= 11 is 0. The Hall–Kier alpha value is -4.50. The third-order valence-electron chi connectivity index (χ3n) is 7.32. The maximum absolute atomic E-state index is 12.9. The molecule has 2 aliphatic heterocycles. The van der Waals surface area contributed by atoms with Gasteiger partial charge >= 0.3 is 6.03 Å². The number of amides is 2. The molecular formula is C27H32N10O2. The number of ether oxygens (including phenoxy) is 1. The van der Waals surface area contributed by atoms with Crippen LogP contribution in [-0.4, -0.2) is 105 Å². The lowest BCUT2D eigenvalue weighted by Gasteiger charge is -2.37. The van der Waals surface area contributed by atoms with Crippen molar-refractivity contribution >= 4 is 24.0 Å². The topological polar surface area (TPSA) is 120 Å². The zero-order valence-corrected chi connectivity index (χ0v) is 22.5. The van der Waals surface area contributed by atoms with Gasteiger partial charge in [0.15, 0.2) is 0 Å². The second-order valence-corrected chi connectivity index (χ2v) is 9.72. The Labute approximate surface area is 227 Å². The summed E-state index contributed by atoms with van der Waals surface area (Å²) < 4.78 is 8.84. The van der Waals surface area contributed by atoms with Crippen molar-refractivity contribution in [2.45, 2.75) is 19.4 Å². The molecule has 3 aromatic rings. The molecule has 2 amide bonds. The zero-order valence-electron chi connectivity index (χ0n) is 22.5. The average molecular weight is 529 g/mol. The molecule has 1 atom stereocenters. The maximum Gasteiger partial charge on any atom is 0.320 e. The van der Waals surface area contributed by atoms with Crippen LogP contribution >= 0.6 is 0 Å². The summed E-state index contributed by atoms with van der Waals surface area (Å²) in [5.41, 5.74) is 4.51. The molecule has 0 bridgehead atoms. The number of pyridine rings is 1. The lowest BCUT2D eigenvalue weighted by Crippen LogP contribution is -2.52. The number of nitriles is 1. The third-order valence-corrected chi connectivity index (χ3v) is 7.32. The van der Waals surface area contributed by atoms with Crippen LogP contribution in [0.1, 0.15) is 24.5 Å². The number of nitrogens with zero attached hydrogens (tertiary/aromatic N) is 10. The van der Waals surface area contributed by atoms with Crippen LogP contribution in [-0.2, 0) is 11.8 Å². The quantitative estimate of drug-likeness (QED) is 0.453. The maximum atomic E-state index is 12.9. The van der Waals surface area contributed by atoms with Gasteiger partial charge in [0.2, 0.25) is 0 Å². The Bertz CT molecular complexity index is 1490. The van der Waals surface area contributed by atoms with Crippen molar-refractivity contribution in [3.63, 3.8) is 0 Å². The Kier molecular flexibility index (Phi) is 7.42. The van der Waals surface area contributed by atoms with Crippen LogP contribution in [0.2, 0.25) is 0 Å². The molecule has 5 heterocycles. The smallest absolute Gasteiger partial charge is 0.320 e. The minimum Gasteiger partial charge on any atom is -0.380 e. The van der Waals surface area contributed by atoms with E-state index in [1.165, 1.54) is 0 Å². The van der Waals surface area contributed by atoms with Crippen molar-refractivity contribution in [1.29, 1.82) is 5.26 Å². The Morgan fingerprint density at radius 3 is 2.54 bits per heavy atom. The third kappa shape index (κ3) is 5.26. The van der Waals surface area contributed by atoms with Crippen LogP contribution < -0.4 is 0 Å². The number of aryl methyl sites for hydroxylation is 1. The second kappa shape index (κ2) is 11.1. The lowest BCUT2D eigenvalue weighted by atomic mass is 10.0. The van der Waals surface area contributed by atoms with Gasteiger partial charge in [0.05, 0.1) is 35.8 Å². The second-order valence-electron chi connectivity index (χ2n) is 9.72. The SMILES string of the molecule is C=N/C(=C\N=C(/C)c1cc(-c2cnn(C)c2)cn2ncc(C#N)c12)N1CCN(C(=O)N2CC[C@H](OC)C2)CC1. The minimum absolute atomic E-state index is 0.0618. The van der Waals surface area contributed by atoms with Crippen LogP contribution in [0.4, 0.5) is 4.79 Å². The summed E-state index contributed by atoms with van der Waals surface area (Å²) in [4.78, 5) is 27.7. The number of carbonyl (C=O) groups excluding carboxylic acids is 1. The van der Waals surface area contributed by atoms with Crippen molar-refractivity contribution in [3.05, 3.63) is 54.0 Å². The van der Waals surface area contributed by atoms with Crippen molar-refractivity contribution in [2.75, 3.05) is 46.4 Å². The highest BCUT2D eigenvalue weighted by Crippen LogP contribution is 2.25. The van der Waals surface area contributed by atoms with E-state index in [1.54, 1.807) is 34.9 Å². The van der Waals surface area contributed by atoms with Gasteiger partial charge in [-0.15, -0.1) is 0 Å². The van der Waals surface area contributed by atoms with E-state index in [2.05, 4.69) is 32.9 Å². The van der Waals surface area contributed by atoms with Crippen molar-refractivity contribution in [2.24, 2.45) is 17.0 Å². The molecule has 0 radical (unpaired) electrons. The molecule has 39 heavy (non-hydrogen) atoms. The van der Waals surface area contributed by atoms with E-state index in [9.17, 15) is 10.1 Å². The fraction of sp³-hybridized carbons (Fsp3) is 0.407. The van der Waals surface area contributed by atoms with Crippen molar-refractivity contribution in [3.8, 4) is 17.2 Å². The number of piperazine rings is 1. The van der Waals surface area contributed by atoms with Crippen LogP contribution in [0.5, 0.6) is 0 Å². The van der Waals surface area contributed by atoms with E-state index in [4.69, 9.17) is 9.73 Å². The Balaban J connectivity index is 1.35. The Morgan fingerprint density at radius 1 is 1.13 bits per heavy atom. The molecule has 2 fully saturated rings. The fourth-order valence-corrected chi connectivity index (χ4v) is 5.07. The van der Waals surface area contributed by atoms with Gasteiger partial charge in [-0.05, 0) is 26.1 Å². The average Bonchev–Trinajstić information content (AvgIpc) is 3.72. The molecule has 12 heteroatoms. The summed E-state index contributed by atoms with van der Waals surface area (Å²) in [5.74, 6) is 0.635. The van der Waals surface area contributed by atoms with E-state index in [0.717, 1.165) is 29.7 Å². The predicted octanol–water partition coefficient (Wildman–Crippen LogP) is 2.37. The summed E-state index contributed by atoms with van der Waals surface area (Å²) in [6, 6.07) is 4.29. The molecule has 0 N–H and O–H groups in total. The summed E-state index contributed by atoms with van der Waals surface area (Å²) in [7, 11) is 3.56.